The van der Waals surface area contributed by atoms with E-state index in [2.05, 4.69) is 58.3 Å². The Labute approximate surface area is 128 Å². The number of hydrogen-bond donors (Lipinski definition) is 0. The Hall–Kier alpha value is -0.0800. The molecule has 0 aromatic carbocycles. The van der Waals surface area contributed by atoms with Gasteiger partial charge in [0.25, 0.3) is 0 Å². The molecule has 0 aromatic rings. The van der Waals surface area contributed by atoms with Gasteiger partial charge in [-0.1, -0.05) is 34.6 Å². The Balaban J connectivity index is 3.79. The Morgan fingerprint density at radius 2 is 1.45 bits per heavy atom. The molecular formula is C18H40N2. The second-order valence-electron chi connectivity index (χ2n) is 7.05. The van der Waals surface area contributed by atoms with Crippen molar-refractivity contribution in [2.24, 2.45) is 11.8 Å². The molecule has 0 spiro atoms. The maximum atomic E-state index is 2.60. The van der Waals surface area contributed by atoms with Crippen molar-refractivity contribution in [3.8, 4) is 0 Å². The maximum absolute atomic E-state index is 2.60. The molecule has 0 saturated carbocycles. The first-order valence-electron chi connectivity index (χ1n) is 8.87. The summed E-state index contributed by atoms with van der Waals surface area (Å²) >= 11 is 0. The van der Waals surface area contributed by atoms with Crippen LogP contribution >= 0.6 is 0 Å². The maximum Gasteiger partial charge on any atom is 0.00384 e. The fourth-order valence-electron chi connectivity index (χ4n) is 2.87. The van der Waals surface area contributed by atoms with Gasteiger partial charge in [-0.05, 0) is 71.1 Å². The molecule has 0 heterocycles. The third kappa shape index (κ3) is 9.77. The molecule has 2 nitrogen and oxygen atoms in total. The topological polar surface area (TPSA) is 6.48 Å². The molecule has 0 saturated heterocycles. The van der Waals surface area contributed by atoms with E-state index in [9.17, 15) is 0 Å². The van der Waals surface area contributed by atoms with Crippen molar-refractivity contribution < 1.29 is 0 Å². The van der Waals surface area contributed by atoms with Gasteiger partial charge < -0.3 is 9.80 Å². The highest BCUT2D eigenvalue weighted by Gasteiger charge is 2.10. The molecular weight excluding hydrogens is 244 g/mol. The molecule has 1 unspecified atom stereocenters. The molecule has 1 atom stereocenters. The Morgan fingerprint density at radius 1 is 0.800 bits per heavy atom. The summed E-state index contributed by atoms with van der Waals surface area (Å²) in [6.07, 6.45) is 4.09. The monoisotopic (exact) mass is 284 g/mol. The Bertz CT molecular complexity index is 213. The molecule has 0 aliphatic rings. The highest BCUT2D eigenvalue weighted by Crippen LogP contribution is 2.13. The van der Waals surface area contributed by atoms with Crippen LogP contribution < -0.4 is 0 Å². The highest BCUT2D eigenvalue weighted by atomic mass is 15.1. The predicted molar refractivity (Wildman–Crippen MR) is 92.4 cm³/mol. The molecule has 0 radical (unpaired) electrons. The van der Waals surface area contributed by atoms with Crippen LogP contribution in [0.4, 0.5) is 0 Å². The van der Waals surface area contributed by atoms with Gasteiger partial charge in [-0.3, -0.25) is 0 Å². The lowest BCUT2D eigenvalue weighted by molar-refractivity contribution is 0.210. The zero-order chi connectivity index (χ0) is 15.5. The average molecular weight is 285 g/mol. The smallest absolute Gasteiger partial charge is 0.00384 e. The molecule has 20 heavy (non-hydrogen) atoms. The molecule has 0 rings (SSSR count). The van der Waals surface area contributed by atoms with Crippen LogP contribution in [0.15, 0.2) is 0 Å². The van der Waals surface area contributed by atoms with Crippen LogP contribution in [-0.4, -0.2) is 48.6 Å². The molecule has 0 bridgehead atoms. The first-order valence-corrected chi connectivity index (χ1v) is 8.87. The minimum absolute atomic E-state index is 0.689. The van der Waals surface area contributed by atoms with E-state index in [0.29, 0.717) is 6.04 Å². The first-order chi connectivity index (χ1) is 9.40. The van der Waals surface area contributed by atoms with E-state index < -0.39 is 0 Å². The summed E-state index contributed by atoms with van der Waals surface area (Å²) in [6.45, 7) is 22.4. The van der Waals surface area contributed by atoms with Crippen molar-refractivity contribution in [3.05, 3.63) is 0 Å². The van der Waals surface area contributed by atoms with E-state index in [1.807, 2.05) is 0 Å². The van der Waals surface area contributed by atoms with Crippen molar-refractivity contribution in [3.63, 3.8) is 0 Å². The first kappa shape index (κ1) is 19.9. The molecule has 0 aliphatic carbocycles. The van der Waals surface area contributed by atoms with Gasteiger partial charge in [0.05, 0.1) is 0 Å². The summed E-state index contributed by atoms with van der Waals surface area (Å²) in [5.41, 5.74) is 0. The van der Waals surface area contributed by atoms with E-state index in [1.54, 1.807) is 0 Å². The van der Waals surface area contributed by atoms with Crippen molar-refractivity contribution in [2.75, 3.05) is 32.7 Å². The quantitative estimate of drug-likeness (QED) is 0.520. The van der Waals surface area contributed by atoms with Crippen LogP contribution in [0.25, 0.3) is 0 Å². The second kappa shape index (κ2) is 11.6. The van der Waals surface area contributed by atoms with Crippen molar-refractivity contribution in [1.29, 1.82) is 0 Å². The lowest BCUT2D eigenvalue weighted by atomic mass is 10.0. The minimum Gasteiger partial charge on any atom is -0.303 e. The van der Waals surface area contributed by atoms with Gasteiger partial charge >= 0.3 is 0 Å². The van der Waals surface area contributed by atoms with Crippen molar-refractivity contribution >= 4 is 0 Å². The third-order valence-corrected chi connectivity index (χ3v) is 4.29. The number of nitrogens with zero attached hydrogens (tertiary/aromatic N) is 2. The largest absolute Gasteiger partial charge is 0.303 e. The highest BCUT2D eigenvalue weighted by molar-refractivity contribution is 4.65. The number of rotatable bonds is 12. The zero-order valence-corrected chi connectivity index (χ0v) is 15.3. The van der Waals surface area contributed by atoms with Gasteiger partial charge in [0.2, 0.25) is 0 Å². The lowest BCUT2D eigenvalue weighted by Crippen LogP contribution is -2.32. The van der Waals surface area contributed by atoms with E-state index in [-0.39, 0.29) is 0 Å². The lowest BCUT2D eigenvalue weighted by Gasteiger charge is -2.26. The van der Waals surface area contributed by atoms with Crippen LogP contribution in [0.5, 0.6) is 0 Å². The van der Waals surface area contributed by atoms with E-state index in [4.69, 9.17) is 0 Å². The van der Waals surface area contributed by atoms with Crippen LogP contribution in [0, 0.1) is 11.8 Å². The Morgan fingerprint density at radius 3 is 1.90 bits per heavy atom. The summed E-state index contributed by atoms with van der Waals surface area (Å²) in [5, 5.41) is 0. The fraction of sp³-hybridized carbons (Fsp3) is 1.00. The van der Waals surface area contributed by atoms with Crippen LogP contribution in [0.3, 0.4) is 0 Å². The normalized spacial score (nSPS) is 13.9. The summed E-state index contributed by atoms with van der Waals surface area (Å²) in [4.78, 5) is 5.18. The summed E-state index contributed by atoms with van der Waals surface area (Å²) in [5.74, 6) is 1.65. The van der Waals surface area contributed by atoms with Crippen molar-refractivity contribution in [1.82, 2.24) is 9.80 Å². The molecule has 0 aromatic heterocycles. The molecule has 0 amide bonds. The average Bonchev–Trinajstić information content (AvgIpc) is 2.37. The predicted octanol–water partition coefficient (Wildman–Crippen LogP) is 4.50. The van der Waals surface area contributed by atoms with Crippen LogP contribution in [0.1, 0.15) is 67.7 Å². The van der Waals surface area contributed by atoms with Gasteiger partial charge in [-0.25, -0.2) is 0 Å². The van der Waals surface area contributed by atoms with E-state index in [0.717, 1.165) is 11.8 Å². The fourth-order valence-corrected chi connectivity index (χ4v) is 2.87. The summed E-state index contributed by atoms with van der Waals surface area (Å²) in [6, 6.07) is 0.689. The summed E-state index contributed by atoms with van der Waals surface area (Å²) in [7, 11) is 0. The van der Waals surface area contributed by atoms with Gasteiger partial charge in [0, 0.05) is 12.6 Å². The Kier molecular flexibility index (Phi) is 11.5. The zero-order valence-electron chi connectivity index (χ0n) is 15.3. The standard InChI is InChI=1S/C18H40N2/c1-8-19(15-16(3)4)13-10-11-18(7)12-14-20(9-2)17(5)6/h16-18H,8-15H2,1-7H3. The minimum atomic E-state index is 0.689. The van der Waals surface area contributed by atoms with Gasteiger partial charge in [0.15, 0.2) is 0 Å². The van der Waals surface area contributed by atoms with E-state index in [1.165, 1.54) is 52.0 Å². The van der Waals surface area contributed by atoms with Crippen LogP contribution in [-0.2, 0) is 0 Å². The van der Waals surface area contributed by atoms with Gasteiger partial charge in [-0.2, -0.15) is 0 Å². The number of hydrogen-bond acceptors (Lipinski definition) is 2. The molecule has 0 fully saturated rings. The SMILES string of the molecule is CCN(CCCC(C)CCN(CC)C(C)C)CC(C)C. The molecule has 0 N–H and O–H groups in total. The van der Waals surface area contributed by atoms with Crippen molar-refractivity contribution in [2.45, 2.75) is 73.8 Å². The van der Waals surface area contributed by atoms with E-state index >= 15 is 0 Å². The van der Waals surface area contributed by atoms with Gasteiger partial charge in [0.1, 0.15) is 0 Å². The molecule has 122 valence electrons. The van der Waals surface area contributed by atoms with Gasteiger partial charge in [-0.15, -0.1) is 0 Å². The van der Waals surface area contributed by atoms with Crippen LogP contribution in [0.2, 0.25) is 0 Å². The molecule has 0 aliphatic heterocycles. The third-order valence-electron chi connectivity index (χ3n) is 4.29. The summed E-state index contributed by atoms with van der Waals surface area (Å²) < 4.78 is 0. The second-order valence-corrected chi connectivity index (χ2v) is 7.05. The molecule has 2 heteroatoms.